The first-order valence-corrected chi connectivity index (χ1v) is 8.83. The van der Waals surface area contributed by atoms with Gasteiger partial charge in [-0.15, -0.1) is 12.4 Å². The van der Waals surface area contributed by atoms with Crippen molar-refractivity contribution in [2.75, 3.05) is 26.7 Å². The maximum Gasteiger partial charge on any atom is 0.228 e. The van der Waals surface area contributed by atoms with Gasteiger partial charge < -0.3 is 15.1 Å². The van der Waals surface area contributed by atoms with Gasteiger partial charge in [-0.3, -0.25) is 9.59 Å². The average Bonchev–Trinajstić information content (AvgIpc) is 3.16. The normalized spacial score (nSPS) is 34.3. The molecule has 0 bridgehead atoms. The standard InChI is InChI=1S/C17H29N3O2.ClH/c1-12-3-5-14(6-4-12)20-11-13(9-16(20)21)17(22)19(2)15-7-8-18-10-15;/h12-15,18H,3-11H2,1-2H3;1H. The molecule has 132 valence electrons. The highest BCUT2D eigenvalue weighted by Gasteiger charge is 2.40. The van der Waals surface area contributed by atoms with Crippen molar-refractivity contribution in [3.63, 3.8) is 0 Å². The van der Waals surface area contributed by atoms with E-state index in [1.54, 1.807) is 0 Å². The molecule has 2 amide bonds. The van der Waals surface area contributed by atoms with Gasteiger partial charge in [0.25, 0.3) is 0 Å². The minimum absolute atomic E-state index is 0. The Bertz CT molecular complexity index is 432. The van der Waals surface area contributed by atoms with Gasteiger partial charge in [-0.05, 0) is 44.6 Å². The second-order valence-electron chi connectivity index (χ2n) is 7.46. The summed E-state index contributed by atoms with van der Waals surface area (Å²) in [5.74, 6) is 1.01. The number of likely N-dealkylation sites (N-methyl/N-ethyl adjacent to an activating group) is 1. The van der Waals surface area contributed by atoms with Gasteiger partial charge in [-0.25, -0.2) is 0 Å². The lowest BCUT2D eigenvalue weighted by atomic mass is 9.86. The number of hydrogen-bond acceptors (Lipinski definition) is 3. The number of hydrogen-bond donors (Lipinski definition) is 1. The van der Waals surface area contributed by atoms with Crippen molar-refractivity contribution in [3.8, 4) is 0 Å². The van der Waals surface area contributed by atoms with Gasteiger partial charge in [-0.1, -0.05) is 6.92 Å². The van der Waals surface area contributed by atoms with E-state index in [0.717, 1.165) is 38.3 Å². The van der Waals surface area contributed by atoms with E-state index in [4.69, 9.17) is 0 Å². The minimum Gasteiger partial charge on any atom is -0.341 e. The Labute approximate surface area is 145 Å². The number of rotatable bonds is 3. The molecule has 0 aromatic heterocycles. The molecule has 1 saturated carbocycles. The van der Waals surface area contributed by atoms with Crippen LogP contribution in [-0.4, -0.2) is 60.4 Å². The Balaban J connectivity index is 0.00000192. The zero-order valence-electron chi connectivity index (χ0n) is 14.3. The van der Waals surface area contributed by atoms with Crippen molar-refractivity contribution in [2.45, 2.75) is 57.5 Å². The molecule has 3 fully saturated rings. The predicted octanol–water partition coefficient (Wildman–Crippen LogP) is 1.66. The molecule has 0 aromatic rings. The number of carbonyl (C=O) groups excluding carboxylic acids is 2. The topological polar surface area (TPSA) is 52.7 Å². The molecular formula is C17H30ClN3O2. The van der Waals surface area contributed by atoms with E-state index in [0.29, 0.717) is 25.0 Å². The van der Waals surface area contributed by atoms with Crippen molar-refractivity contribution >= 4 is 24.2 Å². The molecule has 0 spiro atoms. The molecule has 1 N–H and O–H groups in total. The molecule has 6 heteroatoms. The van der Waals surface area contributed by atoms with E-state index >= 15 is 0 Å². The number of nitrogens with one attached hydrogen (secondary N) is 1. The van der Waals surface area contributed by atoms with Gasteiger partial charge in [0.1, 0.15) is 0 Å². The van der Waals surface area contributed by atoms with Crippen LogP contribution in [0.2, 0.25) is 0 Å². The third kappa shape index (κ3) is 4.00. The van der Waals surface area contributed by atoms with Crippen LogP contribution in [0.1, 0.15) is 45.4 Å². The van der Waals surface area contributed by atoms with Crippen molar-refractivity contribution in [1.29, 1.82) is 0 Å². The molecule has 23 heavy (non-hydrogen) atoms. The molecule has 2 heterocycles. The summed E-state index contributed by atoms with van der Waals surface area (Å²) < 4.78 is 0. The van der Waals surface area contributed by atoms with Gasteiger partial charge in [0.2, 0.25) is 11.8 Å². The van der Waals surface area contributed by atoms with Gasteiger partial charge in [-0.2, -0.15) is 0 Å². The van der Waals surface area contributed by atoms with E-state index in [-0.39, 0.29) is 30.1 Å². The third-order valence-electron chi connectivity index (χ3n) is 5.86. The zero-order valence-corrected chi connectivity index (χ0v) is 15.1. The van der Waals surface area contributed by atoms with E-state index in [2.05, 4.69) is 12.2 Å². The smallest absolute Gasteiger partial charge is 0.228 e. The van der Waals surface area contributed by atoms with Crippen LogP contribution in [0.3, 0.4) is 0 Å². The second-order valence-corrected chi connectivity index (χ2v) is 7.46. The Morgan fingerprint density at radius 2 is 1.91 bits per heavy atom. The largest absolute Gasteiger partial charge is 0.341 e. The highest BCUT2D eigenvalue weighted by atomic mass is 35.5. The molecule has 0 aromatic carbocycles. The molecule has 5 nitrogen and oxygen atoms in total. The Morgan fingerprint density at radius 3 is 2.52 bits per heavy atom. The number of halogens is 1. The lowest BCUT2D eigenvalue weighted by Gasteiger charge is -2.34. The number of likely N-dealkylation sites (tertiary alicyclic amines) is 1. The van der Waals surface area contributed by atoms with E-state index in [1.165, 1.54) is 12.8 Å². The lowest BCUT2D eigenvalue weighted by Crippen LogP contribution is -2.43. The summed E-state index contributed by atoms with van der Waals surface area (Å²) in [7, 11) is 1.90. The molecule has 1 aliphatic carbocycles. The van der Waals surface area contributed by atoms with Crippen molar-refractivity contribution in [1.82, 2.24) is 15.1 Å². The quantitative estimate of drug-likeness (QED) is 0.847. The maximum atomic E-state index is 12.7. The maximum absolute atomic E-state index is 12.7. The summed E-state index contributed by atoms with van der Waals surface area (Å²) in [6, 6.07) is 0.673. The Hall–Kier alpha value is -0.810. The summed E-state index contributed by atoms with van der Waals surface area (Å²) >= 11 is 0. The lowest BCUT2D eigenvalue weighted by molar-refractivity contribution is -0.136. The predicted molar refractivity (Wildman–Crippen MR) is 92.5 cm³/mol. The molecular weight excluding hydrogens is 314 g/mol. The third-order valence-corrected chi connectivity index (χ3v) is 5.86. The molecule has 3 aliphatic rings. The highest BCUT2D eigenvalue weighted by Crippen LogP contribution is 2.31. The van der Waals surface area contributed by atoms with Crippen molar-refractivity contribution < 1.29 is 9.59 Å². The molecule has 2 unspecified atom stereocenters. The first-order valence-electron chi connectivity index (χ1n) is 8.83. The first-order chi connectivity index (χ1) is 10.6. The summed E-state index contributed by atoms with van der Waals surface area (Å²) in [4.78, 5) is 28.9. The molecule has 2 saturated heterocycles. The minimum atomic E-state index is -0.127. The fourth-order valence-electron chi connectivity index (χ4n) is 4.24. The van der Waals surface area contributed by atoms with Crippen LogP contribution in [-0.2, 0) is 9.59 Å². The van der Waals surface area contributed by atoms with Crippen LogP contribution in [0.5, 0.6) is 0 Å². The van der Waals surface area contributed by atoms with Crippen LogP contribution < -0.4 is 5.32 Å². The summed E-state index contributed by atoms with van der Waals surface area (Å²) in [6.45, 7) is 4.80. The number of carbonyl (C=O) groups is 2. The van der Waals surface area contributed by atoms with Gasteiger partial charge in [0, 0.05) is 38.6 Å². The van der Waals surface area contributed by atoms with Crippen LogP contribution in [0.15, 0.2) is 0 Å². The van der Waals surface area contributed by atoms with Gasteiger partial charge in [0.15, 0.2) is 0 Å². The van der Waals surface area contributed by atoms with Crippen LogP contribution in [0.4, 0.5) is 0 Å². The fraction of sp³-hybridized carbons (Fsp3) is 0.882. The van der Waals surface area contributed by atoms with Gasteiger partial charge in [0.05, 0.1) is 5.92 Å². The Morgan fingerprint density at radius 1 is 1.22 bits per heavy atom. The van der Waals surface area contributed by atoms with E-state index in [9.17, 15) is 9.59 Å². The monoisotopic (exact) mass is 343 g/mol. The second kappa shape index (κ2) is 7.84. The number of amides is 2. The van der Waals surface area contributed by atoms with E-state index < -0.39 is 0 Å². The summed E-state index contributed by atoms with van der Waals surface area (Å²) in [5, 5.41) is 3.30. The SMILES string of the molecule is CC1CCC(N2CC(C(=O)N(C)C3CCNC3)CC2=O)CC1.Cl. The fourth-order valence-corrected chi connectivity index (χ4v) is 4.24. The molecule has 2 atom stereocenters. The van der Waals surface area contributed by atoms with Crippen molar-refractivity contribution in [3.05, 3.63) is 0 Å². The van der Waals surface area contributed by atoms with Gasteiger partial charge >= 0.3 is 0 Å². The van der Waals surface area contributed by atoms with Crippen molar-refractivity contribution in [2.24, 2.45) is 11.8 Å². The molecule has 2 aliphatic heterocycles. The van der Waals surface area contributed by atoms with E-state index in [1.807, 2.05) is 16.8 Å². The number of nitrogens with zero attached hydrogens (tertiary/aromatic N) is 2. The van der Waals surface area contributed by atoms with Crippen LogP contribution >= 0.6 is 12.4 Å². The molecule has 3 rings (SSSR count). The van der Waals surface area contributed by atoms with Crippen LogP contribution in [0, 0.1) is 11.8 Å². The average molecular weight is 344 g/mol. The summed E-state index contributed by atoms with van der Waals surface area (Å²) in [6.07, 6.45) is 6.07. The highest BCUT2D eigenvalue weighted by molar-refractivity contribution is 5.89. The first kappa shape index (κ1) is 18.5. The molecule has 0 radical (unpaired) electrons. The zero-order chi connectivity index (χ0) is 15.7. The van der Waals surface area contributed by atoms with Crippen LogP contribution in [0.25, 0.3) is 0 Å². The summed E-state index contributed by atoms with van der Waals surface area (Å²) in [5.41, 5.74) is 0. The Kier molecular flexibility index (Phi) is 6.32.